The van der Waals surface area contributed by atoms with Gasteiger partial charge in [0.15, 0.2) is 0 Å². The number of carbonyl (C=O) groups excluding carboxylic acids is 1. The largest absolute Gasteiger partial charge is 0.478 e. The molecule has 0 saturated heterocycles. The van der Waals surface area contributed by atoms with Crippen molar-refractivity contribution < 1.29 is 23.1 Å². The van der Waals surface area contributed by atoms with E-state index in [0.717, 1.165) is 0 Å². The number of aliphatic carboxylic acids is 1. The highest BCUT2D eigenvalue weighted by Gasteiger charge is 2.44. The Hall–Kier alpha value is -3.78. The molecule has 0 spiro atoms. The van der Waals surface area contributed by atoms with Crippen molar-refractivity contribution in [3.05, 3.63) is 72.6 Å². The standard InChI is InChI=1S/C24H29N7O5S/c32-21(17-9-10-20-18(15-17)16-28-30-20)29-24(22(33)34,31-37(35,36)19-7-2-1-3-8-19)11-4-5-12-25-23-26-13-6-14-27-23/h1-3,6-10,13,15-16,23,25-27,31H,4-5,11-12,14H2,(H,28,30)(H,29,32)(H,33,34). The SMILES string of the molecule is O=C(NC(CCCCNC1NC=CCN1)(NS(=O)(=O)c1ccccc1)C(=O)O)c1ccc2[nH]ncc2c1. The fourth-order valence-corrected chi connectivity index (χ4v) is 5.27. The van der Waals surface area contributed by atoms with Crippen LogP contribution in [0, 0.1) is 0 Å². The minimum atomic E-state index is -4.28. The maximum atomic E-state index is 13.2. The molecule has 1 aliphatic rings. The van der Waals surface area contributed by atoms with Crippen LogP contribution in [0.5, 0.6) is 0 Å². The number of fused-ring (bicyclic) bond motifs is 1. The number of hydrogen-bond acceptors (Lipinski definition) is 8. The molecule has 13 heteroatoms. The van der Waals surface area contributed by atoms with E-state index >= 15 is 0 Å². The summed E-state index contributed by atoms with van der Waals surface area (Å²) in [6, 6.07) is 12.1. The Balaban J connectivity index is 1.53. The number of unbranched alkanes of at least 4 members (excludes halogenated alkanes) is 1. The fraction of sp³-hybridized carbons (Fsp3) is 0.292. The van der Waals surface area contributed by atoms with E-state index in [1.165, 1.54) is 36.5 Å². The molecule has 7 N–H and O–H groups in total. The molecule has 196 valence electrons. The van der Waals surface area contributed by atoms with Gasteiger partial charge in [-0.05, 0) is 62.3 Å². The van der Waals surface area contributed by atoms with Crippen LogP contribution in [0.15, 0.2) is 71.9 Å². The number of carboxylic acid groups (broad SMARTS) is 1. The third-order valence-corrected chi connectivity index (χ3v) is 7.41. The summed E-state index contributed by atoms with van der Waals surface area (Å²) in [7, 11) is -4.28. The lowest BCUT2D eigenvalue weighted by Crippen LogP contribution is -2.65. The van der Waals surface area contributed by atoms with E-state index in [9.17, 15) is 23.1 Å². The van der Waals surface area contributed by atoms with Gasteiger partial charge >= 0.3 is 5.97 Å². The molecular weight excluding hydrogens is 498 g/mol. The van der Waals surface area contributed by atoms with E-state index in [0.29, 0.717) is 36.8 Å². The molecular formula is C24H29N7O5S. The normalized spacial score (nSPS) is 17.1. The van der Waals surface area contributed by atoms with Gasteiger partial charge in [-0.1, -0.05) is 24.3 Å². The molecule has 0 radical (unpaired) electrons. The number of rotatable bonds is 12. The van der Waals surface area contributed by atoms with Crippen molar-refractivity contribution in [1.29, 1.82) is 0 Å². The number of aromatic amines is 1. The smallest absolute Gasteiger partial charge is 0.345 e. The van der Waals surface area contributed by atoms with Crippen LogP contribution in [-0.4, -0.2) is 60.6 Å². The molecule has 1 aromatic heterocycles. The third-order valence-electron chi connectivity index (χ3n) is 5.90. The number of carboxylic acids is 1. The highest BCUT2D eigenvalue weighted by atomic mass is 32.2. The second-order valence-corrected chi connectivity index (χ2v) is 10.3. The van der Waals surface area contributed by atoms with Crippen LogP contribution in [0.4, 0.5) is 0 Å². The summed E-state index contributed by atoms with van der Waals surface area (Å²) in [5.41, 5.74) is -1.40. The summed E-state index contributed by atoms with van der Waals surface area (Å²) in [6.07, 6.45) is 5.84. The second-order valence-electron chi connectivity index (χ2n) is 8.58. The fourth-order valence-electron chi connectivity index (χ4n) is 3.94. The maximum absolute atomic E-state index is 13.2. The van der Waals surface area contributed by atoms with Gasteiger partial charge in [0, 0.05) is 17.5 Å². The molecule has 2 aromatic carbocycles. The first-order valence-corrected chi connectivity index (χ1v) is 13.2. The number of sulfonamides is 1. The highest BCUT2D eigenvalue weighted by Crippen LogP contribution is 2.20. The van der Waals surface area contributed by atoms with Crippen LogP contribution in [0.3, 0.4) is 0 Å². The van der Waals surface area contributed by atoms with Crippen molar-refractivity contribution in [1.82, 2.24) is 36.2 Å². The van der Waals surface area contributed by atoms with Gasteiger partial charge < -0.3 is 15.7 Å². The number of amides is 1. The first-order chi connectivity index (χ1) is 17.8. The Morgan fingerprint density at radius 2 is 1.95 bits per heavy atom. The van der Waals surface area contributed by atoms with Gasteiger partial charge in [-0.25, -0.2) is 13.2 Å². The van der Waals surface area contributed by atoms with Crippen LogP contribution in [0.2, 0.25) is 0 Å². The number of nitrogens with zero attached hydrogens (tertiary/aromatic N) is 1. The zero-order valence-electron chi connectivity index (χ0n) is 19.9. The molecule has 12 nitrogen and oxygen atoms in total. The Kier molecular flexibility index (Phi) is 8.18. The van der Waals surface area contributed by atoms with Crippen molar-refractivity contribution in [2.45, 2.75) is 36.1 Å². The van der Waals surface area contributed by atoms with Crippen molar-refractivity contribution in [2.75, 3.05) is 13.1 Å². The molecule has 0 aliphatic carbocycles. The molecule has 4 rings (SSSR count). The molecule has 2 heterocycles. The average Bonchev–Trinajstić information content (AvgIpc) is 3.37. The van der Waals surface area contributed by atoms with E-state index in [4.69, 9.17) is 0 Å². The summed E-state index contributed by atoms with van der Waals surface area (Å²) < 4.78 is 28.5. The number of hydrogen-bond donors (Lipinski definition) is 7. The Labute approximate surface area is 214 Å². The summed E-state index contributed by atoms with van der Waals surface area (Å²) in [6.45, 7) is 1.25. The predicted molar refractivity (Wildman–Crippen MR) is 137 cm³/mol. The van der Waals surface area contributed by atoms with Crippen LogP contribution in [-0.2, 0) is 14.8 Å². The van der Waals surface area contributed by atoms with E-state index in [-0.39, 0.29) is 23.2 Å². The lowest BCUT2D eigenvalue weighted by Gasteiger charge is -2.31. The summed E-state index contributed by atoms with van der Waals surface area (Å²) in [4.78, 5) is 25.6. The van der Waals surface area contributed by atoms with Crippen molar-refractivity contribution >= 4 is 32.8 Å². The van der Waals surface area contributed by atoms with Gasteiger partial charge in [0.05, 0.1) is 16.6 Å². The highest BCUT2D eigenvalue weighted by molar-refractivity contribution is 7.89. The Morgan fingerprint density at radius 3 is 2.68 bits per heavy atom. The molecule has 1 aliphatic heterocycles. The zero-order chi connectivity index (χ0) is 26.3. The van der Waals surface area contributed by atoms with Crippen LogP contribution in [0.1, 0.15) is 29.6 Å². The van der Waals surface area contributed by atoms with Gasteiger partial charge in [-0.3, -0.25) is 20.5 Å². The Bertz CT molecular complexity index is 1380. The molecule has 37 heavy (non-hydrogen) atoms. The van der Waals surface area contributed by atoms with Crippen molar-refractivity contribution in [3.63, 3.8) is 0 Å². The predicted octanol–water partition coefficient (Wildman–Crippen LogP) is 0.802. The molecule has 1 amide bonds. The molecule has 2 atom stereocenters. The van der Waals surface area contributed by atoms with Crippen molar-refractivity contribution in [3.8, 4) is 0 Å². The minimum absolute atomic E-state index is 0.112. The summed E-state index contributed by atoms with van der Waals surface area (Å²) >= 11 is 0. The van der Waals surface area contributed by atoms with Gasteiger partial charge in [0.25, 0.3) is 5.91 Å². The first-order valence-electron chi connectivity index (χ1n) is 11.7. The molecule has 2 unspecified atom stereocenters. The summed E-state index contributed by atoms with van der Waals surface area (Å²) in [5.74, 6) is -2.25. The number of benzene rings is 2. The van der Waals surface area contributed by atoms with Gasteiger partial charge in [0.2, 0.25) is 15.7 Å². The number of aromatic nitrogens is 2. The molecule has 0 saturated carbocycles. The third kappa shape index (κ3) is 6.51. The molecule has 3 aromatic rings. The van der Waals surface area contributed by atoms with Gasteiger partial charge in [-0.15, -0.1) is 0 Å². The first kappa shape index (κ1) is 26.3. The lowest BCUT2D eigenvalue weighted by molar-refractivity contribution is -0.145. The summed E-state index contributed by atoms with van der Waals surface area (Å²) in [5, 5.41) is 29.6. The van der Waals surface area contributed by atoms with Crippen LogP contribution in [0.25, 0.3) is 10.9 Å². The van der Waals surface area contributed by atoms with E-state index in [2.05, 4.69) is 36.2 Å². The Morgan fingerprint density at radius 1 is 1.14 bits per heavy atom. The van der Waals surface area contributed by atoms with Crippen molar-refractivity contribution in [2.24, 2.45) is 0 Å². The molecule has 0 bridgehead atoms. The van der Waals surface area contributed by atoms with Crippen LogP contribution >= 0.6 is 0 Å². The van der Waals surface area contributed by atoms with Gasteiger partial charge in [-0.2, -0.15) is 9.82 Å². The lowest BCUT2D eigenvalue weighted by atomic mass is 10.0. The van der Waals surface area contributed by atoms with E-state index < -0.39 is 27.6 Å². The van der Waals surface area contributed by atoms with Gasteiger partial charge in [0.1, 0.15) is 6.29 Å². The average molecular weight is 528 g/mol. The molecule has 0 fully saturated rings. The second kappa shape index (κ2) is 11.5. The van der Waals surface area contributed by atoms with E-state index in [1.807, 2.05) is 12.3 Å². The number of nitrogens with one attached hydrogen (secondary N) is 6. The topological polar surface area (TPSA) is 177 Å². The van der Waals surface area contributed by atoms with E-state index in [1.54, 1.807) is 18.2 Å². The minimum Gasteiger partial charge on any atom is -0.478 e. The number of carbonyl (C=O) groups is 2. The van der Waals surface area contributed by atoms with Crippen LogP contribution < -0.4 is 26.0 Å². The quantitative estimate of drug-likeness (QED) is 0.133. The number of H-pyrrole nitrogens is 1. The monoisotopic (exact) mass is 527 g/mol. The zero-order valence-corrected chi connectivity index (χ0v) is 20.7. The maximum Gasteiger partial charge on any atom is 0.345 e.